The normalized spacial score (nSPS) is 10.6. The van der Waals surface area contributed by atoms with Gasteiger partial charge in [0.15, 0.2) is 0 Å². The Bertz CT molecular complexity index is 769. The van der Waals surface area contributed by atoms with Crippen LogP contribution in [0.2, 0.25) is 0 Å². The van der Waals surface area contributed by atoms with E-state index in [1.807, 2.05) is 24.3 Å². The molecule has 0 saturated carbocycles. The van der Waals surface area contributed by atoms with E-state index < -0.39 is 0 Å². The van der Waals surface area contributed by atoms with Crippen molar-refractivity contribution in [2.45, 2.75) is 12.8 Å². The van der Waals surface area contributed by atoms with Crippen molar-refractivity contribution in [2.75, 3.05) is 13.2 Å². The molecule has 1 heterocycles. The van der Waals surface area contributed by atoms with Gasteiger partial charge in [0, 0.05) is 18.4 Å². The number of carbonyl (C=O) groups excluding carboxylic acids is 1. The first kappa shape index (κ1) is 15.1. The fraction of sp³-hybridized carbons (Fsp3) is 0.222. The number of rotatable bonds is 7. The van der Waals surface area contributed by atoms with Crippen molar-refractivity contribution in [1.29, 1.82) is 0 Å². The Kier molecular flexibility index (Phi) is 4.88. The predicted octanol–water partition coefficient (Wildman–Crippen LogP) is 2.69. The minimum atomic E-state index is -0.0139. The maximum absolute atomic E-state index is 11.7. The number of hydrogen-bond donors (Lipinski definition) is 2. The molecule has 0 spiro atoms. The van der Waals surface area contributed by atoms with Gasteiger partial charge in [0.05, 0.1) is 13.0 Å². The molecular weight excluding hydrogens is 290 g/mol. The number of fused-ring (bicyclic) bond motifs is 1. The zero-order valence-electron chi connectivity index (χ0n) is 12.8. The van der Waals surface area contributed by atoms with Crippen LogP contribution in [0.25, 0.3) is 10.8 Å². The maximum atomic E-state index is 11.7. The molecule has 1 aromatic heterocycles. The van der Waals surface area contributed by atoms with Crippen LogP contribution in [0.1, 0.15) is 12.1 Å². The highest BCUT2D eigenvalue weighted by molar-refractivity contribution is 5.83. The minimum Gasteiger partial charge on any atom is -0.494 e. The van der Waals surface area contributed by atoms with Gasteiger partial charge in [-0.05, 0) is 35.4 Å². The Morgan fingerprint density at radius 1 is 1.13 bits per heavy atom. The first-order valence-corrected chi connectivity index (χ1v) is 7.68. The second-order valence-corrected chi connectivity index (χ2v) is 5.32. The number of nitrogens with one attached hydrogen (secondary N) is 2. The van der Waals surface area contributed by atoms with Crippen molar-refractivity contribution in [1.82, 2.24) is 15.5 Å². The number of nitrogens with zero attached hydrogens (tertiary/aromatic N) is 1. The van der Waals surface area contributed by atoms with Crippen molar-refractivity contribution in [2.24, 2.45) is 0 Å². The molecule has 23 heavy (non-hydrogen) atoms. The summed E-state index contributed by atoms with van der Waals surface area (Å²) in [6, 6.07) is 16.0. The van der Waals surface area contributed by atoms with Crippen LogP contribution in [0.15, 0.2) is 54.7 Å². The second kappa shape index (κ2) is 7.45. The van der Waals surface area contributed by atoms with E-state index in [0.717, 1.165) is 23.3 Å². The molecular formula is C18H19N3O2. The average Bonchev–Trinajstić information content (AvgIpc) is 3.07. The highest BCUT2D eigenvalue weighted by Crippen LogP contribution is 2.20. The standard InChI is InChI=1S/C18H19N3O2/c22-18(13-16-8-10-20-21-16)19-9-3-11-23-17-7-6-14-4-1-2-5-15(14)12-17/h1-2,4-8,10,12H,3,9,11,13H2,(H,19,22)(H,20,21). The summed E-state index contributed by atoms with van der Waals surface area (Å²) in [5, 5.41) is 11.8. The van der Waals surface area contributed by atoms with Crippen LogP contribution < -0.4 is 10.1 Å². The van der Waals surface area contributed by atoms with E-state index in [4.69, 9.17) is 4.74 Å². The monoisotopic (exact) mass is 309 g/mol. The van der Waals surface area contributed by atoms with Gasteiger partial charge in [0.25, 0.3) is 0 Å². The van der Waals surface area contributed by atoms with E-state index in [1.165, 1.54) is 5.39 Å². The Morgan fingerprint density at radius 2 is 2.00 bits per heavy atom. The van der Waals surface area contributed by atoms with E-state index in [9.17, 15) is 4.79 Å². The van der Waals surface area contributed by atoms with Crippen LogP contribution in [0.5, 0.6) is 5.75 Å². The van der Waals surface area contributed by atoms with Crippen LogP contribution in [-0.4, -0.2) is 29.3 Å². The lowest BCUT2D eigenvalue weighted by atomic mass is 10.1. The highest BCUT2D eigenvalue weighted by Gasteiger charge is 2.03. The quantitative estimate of drug-likeness (QED) is 0.659. The molecule has 3 rings (SSSR count). The predicted molar refractivity (Wildman–Crippen MR) is 89.4 cm³/mol. The lowest BCUT2D eigenvalue weighted by Crippen LogP contribution is -2.27. The summed E-state index contributed by atoms with van der Waals surface area (Å²) in [7, 11) is 0. The SMILES string of the molecule is O=C(Cc1ccn[nH]1)NCCCOc1ccc2ccccc2c1. The number of H-pyrrole nitrogens is 1. The third-order valence-corrected chi connectivity index (χ3v) is 3.54. The molecule has 2 N–H and O–H groups in total. The summed E-state index contributed by atoms with van der Waals surface area (Å²) >= 11 is 0. The number of benzene rings is 2. The zero-order chi connectivity index (χ0) is 15.9. The smallest absolute Gasteiger partial charge is 0.225 e. The van der Waals surface area contributed by atoms with Crippen molar-refractivity contribution in [3.63, 3.8) is 0 Å². The number of aromatic amines is 1. The number of amides is 1. The van der Waals surface area contributed by atoms with Crippen LogP contribution in [-0.2, 0) is 11.2 Å². The Balaban J connectivity index is 1.38. The Hall–Kier alpha value is -2.82. The number of aromatic nitrogens is 2. The van der Waals surface area contributed by atoms with Gasteiger partial charge in [0.2, 0.25) is 5.91 Å². The second-order valence-electron chi connectivity index (χ2n) is 5.32. The van der Waals surface area contributed by atoms with Gasteiger partial charge < -0.3 is 10.1 Å². The molecule has 5 heteroatoms. The summed E-state index contributed by atoms with van der Waals surface area (Å²) < 4.78 is 5.73. The Morgan fingerprint density at radius 3 is 2.83 bits per heavy atom. The lowest BCUT2D eigenvalue weighted by Gasteiger charge is -2.08. The molecule has 1 amide bonds. The first-order valence-electron chi connectivity index (χ1n) is 7.68. The van der Waals surface area contributed by atoms with Gasteiger partial charge in [-0.2, -0.15) is 5.10 Å². The van der Waals surface area contributed by atoms with Crippen LogP contribution in [0.3, 0.4) is 0 Å². The van der Waals surface area contributed by atoms with E-state index in [2.05, 4.69) is 33.7 Å². The van der Waals surface area contributed by atoms with Crippen LogP contribution in [0, 0.1) is 0 Å². The van der Waals surface area contributed by atoms with Crippen molar-refractivity contribution in [3.8, 4) is 5.75 Å². The molecule has 0 atom stereocenters. The molecule has 0 saturated heterocycles. The largest absolute Gasteiger partial charge is 0.494 e. The van der Waals surface area contributed by atoms with E-state index >= 15 is 0 Å². The topological polar surface area (TPSA) is 67.0 Å². The van der Waals surface area contributed by atoms with Crippen molar-refractivity contribution in [3.05, 3.63) is 60.4 Å². The molecule has 0 unspecified atom stereocenters. The summed E-state index contributed by atoms with van der Waals surface area (Å²) in [6.45, 7) is 1.17. The summed E-state index contributed by atoms with van der Waals surface area (Å²) in [6.07, 6.45) is 2.73. The zero-order valence-corrected chi connectivity index (χ0v) is 12.8. The molecule has 5 nitrogen and oxygen atoms in total. The van der Waals surface area contributed by atoms with Gasteiger partial charge in [-0.25, -0.2) is 0 Å². The fourth-order valence-electron chi connectivity index (χ4n) is 2.37. The first-order chi connectivity index (χ1) is 11.3. The number of ether oxygens (including phenoxy) is 1. The molecule has 0 fully saturated rings. The summed E-state index contributed by atoms with van der Waals surface area (Å²) in [5.41, 5.74) is 0.815. The molecule has 3 aromatic rings. The number of hydrogen-bond acceptors (Lipinski definition) is 3. The van der Waals surface area contributed by atoms with E-state index in [-0.39, 0.29) is 5.91 Å². The van der Waals surface area contributed by atoms with Crippen molar-refractivity contribution < 1.29 is 9.53 Å². The molecule has 0 bridgehead atoms. The average molecular weight is 309 g/mol. The van der Waals surface area contributed by atoms with Crippen molar-refractivity contribution >= 4 is 16.7 Å². The van der Waals surface area contributed by atoms with Gasteiger partial charge >= 0.3 is 0 Å². The Labute approximate surface area is 134 Å². The molecule has 0 radical (unpaired) electrons. The number of carbonyl (C=O) groups is 1. The van der Waals surface area contributed by atoms with Crippen LogP contribution >= 0.6 is 0 Å². The van der Waals surface area contributed by atoms with Gasteiger partial charge in [-0.1, -0.05) is 30.3 Å². The third kappa shape index (κ3) is 4.32. The molecule has 0 aliphatic heterocycles. The third-order valence-electron chi connectivity index (χ3n) is 3.54. The summed E-state index contributed by atoms with van der Waals surface area (Å²) in [5.74, 6) is 0.840. The van der Waals surface area contributed by atoms with Gasteiger partial charge in [-0.15, -0.1) is 0 Å². The molecule has 0 aliphatic carbocycles. The lowest BCUT2D eigenvalue weighted by molar-refractivity contribution is -0.120. The minimum absolute atomic E-state index is 0.0139. The van der Waals surface area contributed by atoms with Crippen LogP contribution in [0.4, 0.5) is 0 Å². The maximum Gasteiger partial charge on any atom is 0.225 e. The highest BCUT2D eigenvalue weighted by atomic mass is 16.5. The van der Waals surface area contributed by atoms with Gasteiger partial charge in [0.1, 0.15) is 5.75 Å². The van der Waals surface area contributed by atoms with E-state index in [0.29, 0.717) is 19.6 Å². The molecule has 118 valence electrons. The van der Waals surface area contributed by atoms with Gasteiger partial charge in [-0.3, -0.25) is 9.89 Å². The molecule has 2 aromatic carbocycles. The molecule has 0 aliphatic rings. The summed E-state index contributed by atoms with van der Waals surface area (Å²) in [4.78, 5) is 11.7. The fourth-order valence-corrected chi connectivity index (χ4v) is 2.37. The van der Waals surface area contributed by atoms with E-state index in [1.54, 1.807) is 12.3 Å².